The van der Waals surface area contributed by atoms with Crippen molar-refractivity contribution in [2.45, 2.75) is 13.3 Å². The first kappa shape index (κ1) is 6.40. The summed E-state index contributed by atoms with van der Waals surface area (Å²) in [5, 5.41) is 0. The van der Waals surface area contributed by atoms with Crippen LogP contribution in [0.5, 0.6) is 0 Å². The van der Waals surface area contributed by atoms with Gasteiger partial charge in [-0.2, -0.15) is 0 Å². The molecule has 0 aliphatic carbocycles. The van der Waals surface area contributed by atoms with Crippen molar-refractivity contribution in [1.29, 1.82) is 0 Å². The number of allylic oxidation sites excluding steroid dienone is 1. The second-order valence-corrected chi connectivity index (χ2v) is 2.56. The number of aliphatic imine (C=N–C) groups is 1. The second kappa shape index (κ2) is 2.38. The van der Waals surface area contributed by atoms with Gasteiger partial charge in [0, 0.05) is 18.7 Å². The van der Waals surface area contributed by atoms with Crippen molar-refractivity contribution in [3.05, 3.63) is 23.7 Å². The van der Waals surface area contributed by atoms with Gasteiger partial charge in [0.15, 0.2) is 5.76 Å². The Hall–Kier alpha value is -1.31. The highest BCUT2D eigenvalue weighted by atomic mass is 16.3. The highest BCUT2D eigenvalue weighted by Crippen LogP contribution is 2.26. The molecule has 56 valence electrons. The highest BCUT2D eigenvalue weighted by Gasteiger charge is 2.04. The molecule has 0 fully saturated rings. The van der Waals surface area contributed by atoms with Gasteiger partial charge in [0.1, 0.15) is 11.4 Å². The van der Waals surface area contributed by atoms with Crippen LogP contribution in [0.1, 0.15) is 17.9 Å². The molecule has 0 saturated carbocycles. The zero-order valence-corrected chi connectivity index (χ0v) is 6.37. The number of rotatable bonds is 0. The fourth-order valence-corrected chi connectivity index (χ4v) is 1.13. The van der Waals surface area contributed by atoms with Crippen molar-refractivity contribution >= 4 is 18.0 Å². The number of hydrogen-bond acceptors (Lipinski definition) is 2. The van der Waals surface area contributed by atoms with E-state index in [0.717, 1.165) is 23.6 Å². The summed E-state index contributed by atoms with van der Waals surface area (Å²) in [6.07, 6.45) is 6.79. The molecule has 1 aliphatic rings. The molecule has 1 aliphatic heterocycles. The fourth-order valence-electron chi connectivity index (χ4n) is 1.13. The van der Waals surface area contributed by atoms with Crippen LogP contribution in [0.2, 0.25) is 0 Å². The van der Waals surface area contributed by atoms with E-state index in [1.165, 1.54) is 0 Å². The third-order valence-corrected chi connectivity index (χ3v) is 1.60. The van der Waals surface area contributed by atoms with Crippen molar-refractivity contribution in [2.75, 3.05) is 0 Å². The summed E-state index contributed by atoms with van der Waals surface area (Å²) in [5.74, 6) is 1.79. The van der Waals surface area contributed by atoms with Gasteiger partial charge in [0.2, 0.25) is 0 Å². The van der Waals surface area contributed by atoms with Crippen LogP contribution in [0.4, 0.5) is 5.69 Å². The Kier molecular flexibility index (Phi) is 1.39. The fraction of sp³-hybridized carbons (Fsp3) is 0.222. The van der Waals surface area contributed by atoms with Crippen molar-refractivity contribution < 1.29 is 4.42 Å². The lowest BCUT2D eigenvalue weighted by molar-refractivity contribution is 0.525. The summed E-state index contributed by atoms with van der Waals surface area (Å²) in [7, 11) is 0. The maximum Gasteiger partial charge on any atom is 0.152 e. The molecular weight excluding hydrogens is 138 g/mol. The minimum atomic E-state index is 0.872. The van der Waals surface area contributed by atoms with Gasteiger partial charge >= 0.3 is 0 Å². The van der Waals surface area contributed by atoms with E-state index in [2.05, 4.69) is 4.99 Å². The number of furan rings is 1. The summed E-state index contributed by atoms with van der Waals surface area (Å²) in [4.78, 5) is 4.23. The standard InChI is InChI=1S/C9H9NO/c1-7-6-8-9(11-7)4-2-3-5-10-8/h2,4-6H,3H2,1H3. The summed E-state index contributed by atoms with van der Waals surface area (Å²) in [6, 6.07) is 1.95. The summed E-state index contributed by atoms with van der Waals surface area (Å²) < 4.78 is 5.39. The van der Waals surface area contributed by atoms with E-state index in [4.69, 9.17) is 4.42 Å². The van der Waals surface area contributed by atoms with E-state index in [9.17, 15) is 0 Å². The van der Waals surface area contributed by atoms with Crippen LogP contribution >= 0.6 is 0 Å². The van der Waals surface area contributed by atoms with E-state index in [1.54, 1.807) is 0 Å². The first-order valence-electron chi connectivity index (χ1n) is 3.66. The lowest BCUT2D eigenvalue weighted by atomic mass is 10.3. The first-order chi connectivity index (χ1) is 5.36. The van der Waals surface area contributed by atoms with Crippen molar-refractivity contribution in [3.63, 3.8) is 0 Å². The van der Waals surface area contributed by atoms with Crippen molar-refractivity contribution in [2.24, 2.45) is 4.99 Å². The third-order valence-electron chi connectivity index (χ3n) is 1.60. The van der Waals surface area contributed by atoms with Crippen molar-refractivity contribution in [1.82, 2.24) is 0 Å². The predicted octanol–water partition coefficient (Wildman–Crippen LogP) is 2.71. The van der Waals surface area contributed by atoms with Crippen molar-refractivity contribution in [3.8, 4) is 0 Å². The average molecular weight is 147 g/mol. The third kappa shape index (κ3) is 1.11. The summed E-state index contributed by atoms with van der Waals surface area (Å²) in [5.41, 5.74) is 0.941. The number of nitrogens with zero attached hydrogens (tertiary/aromatic N) is 1. The highest BCUT2D eigenvalue weighted by molar-refractivity contribution is 5.73. The molecule has 1 aromatic rings. The Morgan fingerprint density at radius 2 is 2.45 bits per heavy atom. The molecule has 2 nitrogen and oxygen atoms in total. The van der Waals surface area contributed by atoms with Gasteiger partial charge in [-0.15, -0.1) is 0 Å². The van der Waals surface area contributed by atoms with Crippen LogP contribution in [0.25, 0.3) is 6.08 Å². The van der Waals surface area contributed by atoms with Gasteiger partial charge in [-0.05, 0) is 13.0 Å². The molecule has 11 heavy (non-hydrogen) atoms. The molecule has 0 atom stereocenters. The van der Waals surface area contributed by atoms with Crippen LogP contribution < -0.4 is 0 Å². The molecule has 0 radical (unpaired) electrons. The molecule has 1 aromatic heterocycles. The maximum absolute atomic E-state index is 5.39. The lowest BCUT2D eigenvalue weighted by Crippen LogP contribution is -1.63. The maximum atomic E-state index is 5.39. The van der Waals surface area contributed by atoms with E-state index in [1.807, 2.05) is 31.4 Å². The quantitative estimate of drug-likeness (QED) is 0.554. The van der Waals surface area contributed by atoms with Gasteiger partial charge in [0.25, 0.3) is 0 Å². The molecule has 0 aromatic carbocycles. The first-order valence-corrected chi connectivity index (χ1v) is 3.66. The summed E-state index contributed by atoms with van der Waals surface area (Å²) in [6.45, 7) is 1.93. The van der Waals surface area contributed by atoms with E-state index in [-0.39, 0.29) is 0 Å². The smallest absolute Gasteiger partial charge is 0.152 e. The Balaban J connectivity index is 2.56. The summed E-state index contributed by atoms with van der Waals surface area (Å²) >= 11 is 0. The predicted molar refractivity (Wildman–Crippen MR) is 45.2 cm³/mol. The van der Waals surface area contributed by atoms with E-state index < -0.39 is 0 Å². The number of hydrogen-bond donors (Lipinski definition) is 0. The molecule has 2 heterocycles. The molecule has 0 amide bonds. The Morgan fingerprint density at radius 1 is 1.55 bits per heavy atom. The molecule has 0 spiro atoms. The van der Waals surface area contributed by atoms with Crippen LogP contribution in [-0.2, 0) is 0 Å². The van der Waals surface area contributed by atoms with Crippen LogP contribution in [0, 0.1) is 6.92 Å². The van der Waals surface area contributed by atoms with Crippen LogP contribution in [0.3, 0.4) is 0 Å². The number of aryl methyl sites for hydroxylation is 1. The second-order valence-electron chi connectivity index (χ2n) is 2.56. The lowest BCUT2D eigenvalue weighted by Gasteiger charge is -1.84. The molecule has 0 saturated heterocycles. The largest absolute Gasteiger partial charge is 0.460 e. The minimum absolute atomic E-state index is 0.872. The van der Waals surface area contributed by atoms with Gasteiger partial charge in [-0.1, -0.05) is 6.08 Å². The molecule has 0 N–H and O–H groups in total. The van der Waals surface area contributed by atoms with Gasteiger partial charge in [0.05, 0.1) is 0 Å². The molecule has 2 rings (SSSR count). The monoisotopic (exact) mass is 147 g/mol. The molecule has 0 bridgehead atoms. The zero-order valence-electron chi connectivity index (χ0n) is 6.37. The van der Waals surface area contributed by atoms with Crippen LogP contribution in [-0.4, -0.2) is 6.21 Å². The SMILES string of the molecule is Cc1cc2c(o1)C=CCC=N2. The van der Waals surface area contributed by atoms with Gasteiger partial charge in [-0.3, -0.25) is 4.99 Å². The zero-order chi connectivity index (χ0) is 7.68. The average Bonchev–Trinajstić information content (AvgIpc) is 2.17. The van der Waals surface area contributed by atoms with E-state index >= 15 is 0 Å². The Morgan fingerprint density at radius 3 is 3.36 bits per heavy atom. The van der Waals surface area contributed by atoms with Gasteiger partial charge in [-0.25, -0.2) is 0 Å². The Bertz CT molecular complexity index is 291. The topological polar surface area (TPSA) is 25.5 Å². The minimum Gasteiger partial charge on any atom is -0.460 e. The normalized spacial score (nSPS) is 14.6. The Labute approximate surface area is 65.3 Å². The molecule has 0 unspecified atom stereocenters. The number of fused-ring (bicyclic) bond motifs is 1. The van der Waals surface area contributed by atoms with Crippen LogP contribution in [0.15, 0.2) is 21.6 Å². The van der Waals surface area contributed by atoms with E-state index in [0.29, 0.717) is 0 Å². The molecule has 2 heteroatoms. The van der Waals surface area contributed by atoms with Gasteiger partial charge < -0.3 is 4.42 Å². The molecular formula is C9H9NO.